The molecule has 17 heavy (non-hydrogen) atoms. The monoisotopic (exact) mass is 270 g/mol. The highest BCUT2D eigenvalue weighted by atomic mass is 32.1. The van der Waals surface area contributed by atoms with E-state index in [1.807, 2.05) is 6.92 Å². The number of nitrogens with one attached hydrogen (secondary N) is 1. The average Bonchev–Trinajstić information content (AvgIpc) is 2.37. The van der Waals surface area contributed by atoms with E-state index in [0.717, 1.165) is 39.9 Å². The maximum Gasteiger partial charge on any atom is 0.0795 e. The van der Waals surface area contributed by atoms with Gasteiger partial charge in [-0.15, -0.1) is 0 Å². The molecular formula is C13H22N2S2. The van der Waals surface area contributed by atoms with Gasteiger partial charge >= 0.3 is 0 Å². The minimum atomic E-state index is 0.848. The van der Waals surface area contributed by atoms with Gasteiger partial charge in [-0.1, -0.05) is 38.3 Å². The molecule has 0 radical (unpaired) electrons. The Morgan fingerprint density at radius 3 is 2.24 bits per heavy atom. The minimum absolute atomic E-state index is 0.848. The largest absolute Gasteiger partial charge is 0.384 e. The Labute approximate surface area is 115 Å². The van der Waals surface area contributed by atoms with Gasteiger partial charge in [-0.2, -0.15) is 0 Å². The van der Waals surface area contributed by atoms with Crippen LogP contribution in [-0.2, 0) is 0 Å². The lowest BCUT2D eigenvalue weighted by Crippen LogP contribution is -2.24. The molecule has 1 aromatic rings. The second-order valence-corrected chi connectivity index (χ2v) is 5.14. The van der Waals surface area contributed by atoms with E-state index in [1.54, 1.807) is 0 Å². The number of rotatable bonds is 8. The van der Waals surface area contributed by atoms with E-state index in [1.165, 1.54) is 19.4 Å². The minimum Gasteiger partial charge on any atom is -0.384 e. The molecule has 0 saturated carbocycles. The van der Waals surface area contributed by atoms with Crippen molar-refractivity contribution in [1.82, 2.24) is 4.90 Å². The molecule has 0 bridgehead atoms. The molecule has 0 aliphatic carbocycles. The topological polar surface area (TPSA) is 15.3 Å². The average molecular weight is 270 g/mol. The molecule has 96 valence electrons. The number of anilines is 1. The summed E-state index contributed by atoms with van der Waals surface area (Å²) >= 11 is 10.3. The van der Waals surface area contributed by atoms with Crippen LogP contribution in [0.2, 0.25) is 0 Å². The van der Waals surface area contributed by atoms with Crippen molar-refractivity contribution in [3.63, 3.8) is 0 Å². The molecule has 0 unspecified atom stereocenters. The Morgan fingerprint density at radius 1 is 1.06 bits per heavy atom. The first-order chi connectivity index (χ1) is 8.11. The van der Waals surface area contributed by atoms with Crippen LogP contribution < -0.4 is 5.32 Å². The predicted octanol–water partition coefficient (Wildman–Crippen LogP) is 3.86. The lowest BCUT2D eigenvalue weighted by molar-refractivity contribution is 0.298. The zero-order valence-corrected chi connectivity index (χ0v) is 12.6. The molecule has 1 rings (SSSR count). The first-order valence-electron chi connectivity index (χ1n) is 6.37. The highest BCUT2D eigenvalue weighted by molar-refractivity contribution is 7.74. The Hall–Kier alpha value is -0.320. The summed E-state index contributed by atoms with van der Waals surface area (Å²) in [6, 6.07) is 0. The summed E-state index contributed by atoms with van der Waals surface area (Å²) in [5.41, 5.74) is 2.27. The third-order valence-electron chi connectivity index (χ3n) is 3.25. The summed E-state index contributed by atoms with van der Waals surface area (Å²) in [4.78, 5) is 2.45. The van der Waals surface area contributed by atoms with Gasteiger partial charge in [0.25, 0.3) is 0 Å². The van der Waals surface area contributed by atoms with Crippen LogP contribution in [0, 0.1) is 15.9 Å². The standard InChI is InChI=1S/C13H22N2S2/c1-4-15(5-2)9-7-6-8-14-11-10(3)12(16)13(11)17/h14H,4-9H2,1-3H3. The van der Waals surface area contributed by atoms with Crippen molar-refractivity contribution in [3.05, 3.63) is 14.6 Å². The SMILES string of the molecule is CCN(CC)CCCCNc1c(C)c(=S)c1=S. The van der Waals surface area contributed by atoms with E-state index in [0.29, 0.717) is 0 Å². The summed E-state index contributed by atoms with van der Waals surface area (Å²) < 4.78 is 1.71. The molecule has 0 heterocycles. The fourth-order valence-electron chi connectivity index (χ4n) is 1.93. The maximum atomic E-state index is 5.19. The fourth-order valence-corrected chi connectivity index (χ4v) is 2.51. The molecule has 0 saturated heterocycles. The molecule has 4 heteroatoms. The normalized spacial score (nSPS) is 11.3. The number of hydrogen-bond acceptors (Lipinski definition) is 4. The zero-order valence-electron chi connectivity index (χ0n) is 11.0. The lowest BCUT2D eigenvalue weighted by Gasteiger charge is -2.18. The van der Waals surface area contributed by atoms with Crippen molar-refractivity contribution >= 4 is 30.1 Å². The number of nitrogens with zero attached hydrogens (tertiary/aromatic N) is 1. The van der Waals surface area contributed by atoms with E-state index in [-0.39, 0.29) is 0 Å². The first-order valence-corrected chi connectivity index (χ1v) is 7.19. The molecule has 1 aromatic carbocycles. The summed E-state index contributed by atoms with van der Waals surface area (Å²) in [6.45, 7) is 10.9. The molecule has 1 N–H and O–H groups in total. The maximum absolute atomic E-state index is 5.19. The highest BCUT2D eigenvalue weighted by Gasteiger charge is 2.08. The van der Waals surface area contributed by atoms with Gasteiger partial charge in [0.05, 0.1) is 14.7 Å². The Bertz CT molecular complexity index is 415. The van der Waals surface area contributed by atoms with Crippen LogP contribution in [0.1, 0.15) is 32.3 Å². The first kappa shape index (κ1) is 14.7. The predicted molar refractivity (Wildman–Crippen MR) is 80.7 cm³/mol. The Kier molecular flexibility index (Phi) is 6.23. The van der Waals surface area contributed by atoms with Gasteiger partial charge in [0.2, 0.25) is 0 Å². The lowest BCUT2D eigenvalue weighted by atomic mass is 10.1. The Morgan fingerprint density at radius 2 is 1.71 bits per heavy atom. The second kappa shape index (κ2) is 7.19. The van der Waals surface area contributed by atoms with Crippen LogP contribution in [0.5, 0.6) is 0 Å². The summed E-state index contributed by atoms with van der Waals surface area (Å²) in [5.74, 6) is 0. The van der Waals surface area contributed by atoms with E-state index in [9.17, 15) is 0 Å². The van der Waals surface area contributed by atoms with Crippen LogP contribution in [0.3, 0.4) is 0 Å². The van der Waals surface area contributed by atoms with E-state index in [4.69, 9.17) is 24.4 Å². The Balaban J connectivity index is 2.18. The van der Waals surface area contributed by atoms with Crippen molar-refractivity contribution in [1.29, 1.82) is 0 Å². The summed E-state index contributed by atoms with van der Waals surface area (Å²) in [6.07, 6.45) is 2.42. The third-order valence-corrected chi connectivity index (χ3v) is 4.29. The fraction of sp³-hybridized carbons (Fsp3) is 0.692. The van der Waals surface area contributed by atoms with Gasteiger partial charge < -0.3 is 10.2 Å². The molecule has 0 aliphatic rings. The van der Waals surface area contributed by atoms with Crippen LogP contribution in [-0.4, -0.2) is 31.1 Å². The molecular weight excluding hydrogens is 248 g/mol. The van der Waals surface area contributed by atoms with Gasteiger partial charge in [-0.3, -0.25) is 0 Å². The van der Waals surface area contributed by atoms with Crippen molar-refractivity contribution in [2.75, 3.05) is 31.5 Å². The van der Waals surface area contributed by atoms with Crippen LogP contribution in [0.4, 0.5) is 5.69 Å². The number of unbranched alkanes of at least 4 members (excludes halogenated alkanes) is 1. The van der Waals surface area contributed by atoms with E-state index >= 15 is 0 Å². The van der Waals surface area contributed by atoms with Crippen molar-refractivity contribution in [3.8, 4) is 0 Å². The van der Waals surface area contributed by atoms with Gasteiger partial charge in [0, 0.05) is 6.54 Å². The van der Waals surface area contributed by atoms with E-state index < -0.39 is 0 Å². The molecule has 0 amide bonds. The van der Waals surface area contributed by atoms with Crippen molar-refractivity contribution < 1.29 is 0 Å². The molecule has 0 fully saturated rings. The van der Waals surface area contributed by atoms with Crippen molar-refractivity contribution in [2.24, 2.45) is 0 Å². The molecule has 0 aliphatic heterocycles. The van der Waals surface area contributed by atoms with E-state index in [2.05, 4.69) is 24.1 Å². The van der Waals surface area contributed by atoms with Crippen LogP contribution >= 0.6 is 24.4 Å². The molecule has 0 atom stereocenters. The summed E-state index contributed by atoms with van der Waals surface area (Å²) in [5, 5.41) is 3.39. The van der Waals surface area contributed by atoms with Crippen molar-refractivity contribution in [2.45, 2.75) is 33.6 Å². The van der Waals surface area contributed by atoms with Gasteiger partial charge in [0.15, 0.2) is 0 Å². The third kappa shape index (κ3) is 3.83. The number of hydrogen-bond donors (Lipinski definition) is 1. The zero-order chi connectivity index (χ0) is 12.8. The highest BCUT2D eigenvalue weighted by Crippen LogP contribution is 2.24. The van der Waals surface area contributed by atoms with Gasteiger partial charge in [0.1, 0.15) is 0 Å². The van der Waals surface area contributed by atoms with Crippen LogP contribution in [0.25, 0.3) is 0 Å². The quantitative estimate of drug-likeness (QED) is 0.569. The molecule has 0 aromatic heterocycles. The smallest absolute Gasteiger partial charge is 0.0795 e. The van der Waals surface area contributed by atoms with Gasteiger partial charge in [-0.25, -0.2) is 0 Å². The molecule has 2 nitrogen and oxygen atoms in total. The second-order valence-electron chi connectivity index (χ2n) is 4.32. The molecule has 0 spiro atoms. The summed E-state index contributed by atoms with van der Waals surface area (Å²) in [7, 11) is 0. The van der Waals surface area contributed by atoms with Gasteiger partial charge in [-0.05, 0) is 45.0 Å². The van der Waals surface area contributed by atoms with Crippen LogP contribution in [0.15, 0.2) is 0 Å².